The highest BCUT2D eigenvalue weighted by atomic mass is 16.5. The summed E-state index contributed by atoms with van der Waals surface area (Å²) in [6.45, 7) is 0.352. The van der Waals surface area contributed by atoms with Crippen molar-refractivity contribution < 1.29 is 19.0 Å². The average molecular weight is 340 g/mol. The number of H-pyrrole nitrogens is 1. The Balaban J connectivity index is 1.74. The molecule has 6 heteroatoms. The van der Waals surface area contributed by atoms with E-state index in [0.717, 1.165) is 22.2 Å². The molecule has 0 aliphatic rings. The molecule has 0 aliphatic carbocycles. The lowest BCUT2D eigenvalue weighted by molar-refractivity contribution is 0.0946. The minimum Gasteiger partial charge on any atom is -0.497 e. The van der Waals surface area contributed by atoms with Crippen LogP contribution in [0.1, 0.15) is 16.1 Å². The monoisotopic (exact) mass is 340 g/mol. The Kier molecular flexibility index (Phi) is 4.79. The largest absolute Gasteiger partial charge is 0.497 e. The van der Waals surface area contributed by atoms with Gasteiger partial charge in [-0.15, -0.1) is 0 Å². The van der Waals surface area contributed by atoms with E-state index >= 15 is 0 Å². The summed E-state index contributed by atoms with van der Waals surface area (Å²) >= 11 is 0. The number of aromatic amines is 1. The van der Waals surface area contributed by atoms with Gasteiger partial charge in [-0.05, 0) is 30.3 Å². The molecule has 0 spiro atoms. The predicted molar refractivity (Wildman–Crippen MR) is 95.6 cm³/mol. The maximum atomic E-state index is 12.4. The second-order valence-corrected chi connectivity index (χ2v) is 5.50. The first-order valence-corrected chi connectivity index (χ1v) is 7.80. The quantitative estimate of drug-likeness (QED) is 0.723. The van der Waals surface area contributed by atoms with Crippen LogP contribution in [0.4, 0.5) is 0 Å². The minimum absolute atomic E-state index is 0.187. The minimum atomic E-state index is -0.187. The van der Waals surface area contributed by atoms with Crippen molar-refractivity contribution in [2.45, 2.75) is 6.54 Å². The van der Waals surface area contributed by atoms with Gasteiger partial charge in [0.25, 0.3) is 5.91 Å². The number of carbonyl (C=O) groups excluding carboxylic acids is 1. The molecule has 6 nitrogen and oxygen atoms in total. The number of fused-ring (bicyclic) bond motifs is 1. The molecule has 0 radical (unpaired) electrons. The van der Waals surface area contributed by atoms with Gasteiger partial charge in [-0.2, -0.15) is 0 Å². The number of ether oxygens (including phenoxy) is 3. The summed E-state index contributed by atoms with van der Waals surface area (Å²) in [7, 11) is 4.80. The van der Waals surface area contributed by atoms with E-state index in [1.807, 2.05) is 36.4 Å². The van der Waals surface area contributed by atoms with Crippen molar-refractivity contribution in [3.63, 3.8) is 0 Å². The topological polar surface area (TPSA) is 72.6 Å². The molecule has 2 N–H and O–H groups in total. The van der Waals surface area contributed by atoms with Gasteiger partial charge >= 0.3 is 0 Å². The molecule has 0 fully saturated rings. The van der Waals surface area contributed by atoms with Gasteiger partial charge < -0.3 is 24.5 Å². The Morgan fingerprint density at radius 1 is 0.960 bits per heavy atom. The van der Waals surface area contributed by atoms with Gasteiger partial charge in [-0.3, -0.25) is 4.79 Å². The summed E-state index contributed by atoms with van der Waals surface area (Å²) in [6, 6.07) is 12.9. The normalized spacial score (nSPS) is 10.5. The van der Waals surface area contributed by atoms with Crippen molar-refractivity contribution in [1.82, 2.24) is 10.3 Å². The predicted octanol–water partition coefficient (Wildman–Crippen LogP) is 3.12. The molecule has 2 aromatic carbocycles. The zero-order valence-electron chi connectivity index (χ0n) is 14.4. The van der Waals surface area contributed by atoms with Crippen LogP contribution in [0.15, 0.2) is 42.5 Å². The van der Waals surface area contributed by atoms with Crippen LogP contribution in [0, 0.1) is 0 Å². The zero-order chi connectivity index (χ0) is 17.8. The molecule has 0 unspecified atom stereocenters. The Morgan fingerprint density at radius 3 is 2.40 bits per heavy atom. The number of nitrogens with one attached hydrogen (secondary N) is 2. The number of aromatic nitrogens is 1. The van der Waals surface area contributed by atoms with E-state index in [4.69, 9.17) is 14.2 Å². The first-order valence-electron chi connectivity index (χ1n) is 7.80. The molecule has 1 aromatic heterocycles. The van der Waals surface area contributed by atoms with Crippen LogP contribution in [0.5, 0.6) is 17.2 Å². The van der Waals surface area contributed by atoms with Gasteiger partial charge in [-0.25, -0.2) is 0 Å². The number of carbonyl (C=O) groups is 1. The first kappa shape index (κ1) is 16.7. The number of hydrogen-bond acceptors (Lipinski definition) is 4. The molecule has 25 heavy (non-hydrogen) atoms. The second-order valence-electron chi connectivity index (χ2n) is 5.50. The van der Waals surface area contributed by atoms with E-state index in [1.54, 1.807) is 27.4 Å². The number of rotatable bonds is 6. The maximum absolute atomic E-state index is 12.4. The van der Waals surface area contributed by atoms with Crippen molar-refractivity contribution >= 4 is 16.8 Å². The highest BCUT2D eigenvalue weighted by Gasteiger charge is 2.12. The highest BCUT2D eigenvalue weighted by molar-refractivity contribution is 5.98. The molecule has 3 aromatic rings. The SMILES string of the molecule is COc1ccc(CNC(=O)c2cc3ccc(OC)cc3[nH]2)c(OC)c1. The van der Waals surface area contributed by atoms with Gasteiger partial charge in [0.2, 0.25) is 0 Å². The summed E-state index contributed by atoms with van der Waals surface area (Å²) in [5.41, 5.74) is 2.22. The molecule has 0 saturated heterocycles. The average Bonchev–Trinajstić information content (AvgIpc) is 3.09. The first-order chi connectivity index (χ1) is 12.1. The van der Waals surface area contributed by atoms with E-state index in [-0.39, 0.29) is 5.91 Å². The van der Waals surface area contributed by atoms with Crippen molar-refractivity contribution in [2.24, 2.45) is 0 Å². The van der Waals surface area contributed by atoms with Crippen LogP contribution >= 0.6 is 0 Å². The lowest BCUT2D eigenvalue weighted by atomic mass is 10.2. The Morgan fingerprint density at radius 2 is 1.68 bits per heavy atom. The summed E-state index contributed by atoms with van der Waals surface area (Å²) < 4.78 is 15.7. The Bertz CT molecular complexity index is 902. The molecule has 1 heterocycles. The number of amides is 1. The molecular formula is C19H20N2O4. The van der Waals surface area contributed by atoms with E-state index in [0.29, 0.717) is 23.7 Å². The molecule has 1 amide bonds. The van der Waals surface area contributed by atoms with Crippen LogP contribution in [-0.4, -0.2) is 32.2 Å². The van der Waals surface area contributed by atoms with E-state index in [1.165, 1.54) is 0 Å². The smallest absolute Gasteiger partial charge is 0.267 e. The lowest BCUT2D eigenvalue weighted by Gasteiger charge is -2.11. The van der Waals surface area contributed by atoms with Gasteiger partial charge in [0.1, 0.15) is 22.9 Å². The molecular weight excluding hydrogens is 320 g/mol. The molecule has 0 saturated carbocycles. The van der Waals surface area contributed by atoms with Crippen molar-refractivity contribution in [3.8, 4) is 17.2 Å². The fourth-order valence-corrected chi connectivity index (χ4v) is 2.62. The van der Waals surface area contributed by atoms with Gasteiger partial charge in [0, 0.05) is 35.1 Å². The van der Waals surface area contributed by atoms with Crippen LogP contribution in [0.25, 0.3) is 10.9 Å². The lowest BCUT2D eigenvalue weighted by Crippen LogP contribution is -2.23. The van der Waals surface area contributed by atoms with Gasteiger partial charge in [-0.1, -0.05) is 0 Å². The maximum Gasteiger partial charge on any atom is 0.267 e. The number of hydrogen-bond donors (Lipinski definition) is 2. The summed E-state index contributed by atoms with van der Waals surface area (Å²) in [5, 5.41) is 3.85. The highest BCUT2D eigenvalue weighted by Crippen LogP contribution is 2.25. The van der Waals surface area contributed by atoms with Gasteiger partial charge in [0.05, 0.1) is 21.3 Å². The van der Waals surface area contributed by atoms with E-state index in [9.17, 15) is 4.79 Å². The molecule has 130 valence electrons. The van der Waals surface area contributed by atoms with E-state index in [2.05, 4.69) is 10.3 Å². The van der Waals surface area contributed by atoms with Crippen molar-refractivity contribution in [2.75, 3.05) is 21.3 Å². The number of methoxy groups -OCH3 is 3. The van der Waals surface area contributed by atoms with E-state index < -0.39 is 0 Å². The van der Waals surface area contributed by atoms with Gasteiger partial charge in [0.15, 0.2) is 0 Å². The Labute approximate surface area is 145 Å². The third-order valence-electron chi connectivity index (χ3n) is 4.01. The number of benzene rings is 2. The van der Waals surface area contributed by atoms with Crippen LogP contribution in [0.3, 0.4) is 0 Å². The Hall–Kier alpha value is -3.15. The molecule has 0 atom stereocenters. The zero-order valence-corrected chi connectivity index (χ0v) is 14.4. The van der Waals surface area contributed by atoms with Crippen LogP contribution in [0.2, 0.25) is 0 Å². The summed E-state index contributed by atoms with van der Waals surface area (Å²) in [4.78, 5) is 15.5. The molecule has 0 bridgehead atoms. The van der Waals surface area contributed by atoms with Crippen molar-refractivity contribution in [1.29, 1.82) is 0 Å². The standard InChI is InChI=1S/C19H20N2O4/c1-23-14-6-4-12-8-17(21-16(12)9-14)19(22)20-11-13-5-7-15(24-2)10-18(13)25-3/h4-10,21H,11H2,1-3H3,(H,20,22). The summed E-state index contributed by atoms with van der Waals surface area (Å²) in [6.07, 6.45) is 0. The second kappa shape index (κ2) is 7.17. The fourth-order valence-electron chi connectivity index (χ4n) is 2.62. The van der Waals surface area contributed by atoms with Crippen LogP contribution < -0.4 is 19.5 Å². The molecule has 0 aliphatic heterocycles. The fraction of sp³-hybridized carbons (Fsp3) is 0.211. The summed E-state index contributed by atoms with van der Waals surface area (Å²) in [5.74, 6) is 1.93. The molecule has 3 rings (SSSR count). The third-order valence-corrected chi connectivity index (χ3v) is 4.01. The van der Waals surface area contributed by atoms with Crippen LogP contribution in [-0.2, 0) is 6.54 Å². The van der Waals surface area contributed by atoms with Crippen molar-refractivity contribution in [3.05, 3.63) is 53.7 Å². The third kappa shape index (κ3) is 3.52.